The summed E-state index contributed by atoms with van der Waals surface area (Å²) in [6, 6.07) is 19.4. The number of anilines is 2. The van der Waals surface area contributed by atoms with Crippen LogP contribution in [0.25, 0.3) is 0 Å². The van der Waals surface area contributed by atoms with Gasteiger partial charge in [-0.25, -0.2) is 10.3 Å². The summed E-state index contributed by atoms with van der Waals surface area (Å²) >= 11 is 5.84. The molecule has 0 heterocycles. The van der Waals surface area contributed by atoms with Gasteiger partial charge in [-0.15, -0.1) is 10.2 Å². The maximum Gasteiger partial charge on any atom is 0.362 e. The van der Waals surface area contributed by atoms with E-state index in [9.17, 15) is 9.59 Å². The van der Waals surface area contributed by atoms with E-state index in [-0.39, 0.29) is 0 Å². The minimum Gasteiger partial charge on any atom is -0.399 e. The second-order valence-electron chi connectivity index (χ2n) is 5.68. The predicted molar refractivity (Wildman–Crippen MR) is 107 cm³/mol. The molecule has 0 radical (unpaired) electrons. The number of rotatable bonds is 5. The second kappa shape index (κ2) is 8.79. The summed E-state index contributed by atoms with van der Waals surface area (Å²) in [4.78, 5) is 28.9. The first-order valence-corrected chi connectivity index (χ1v) is 8.53. The fourth-order valence-electron chi connectivity index (χ4n) is 2.21. The Morgan fingerprint density at radius 2 is 1.64 bits per heavy atom. The van der Waals surface area contributed by atoms with Crippen molar-refractivity contribution in [1.82, 2.24) is 0 Å². The number of carbonyl (C=O) groups excluding carboxylic acids is 2. The van der Waals surface area contributed by atoms with E-state index in [1.807, 2.05) is 0 Å². The lowest BCUT2D eigenvalue weighted by Crippen LogP contribution is -2.10. The molecular formula is C20H15ClN4O3. The third kappa shape index (κ3) is 5.15. The summed E-state index contributed by atoms with van der Waals surface area (Å²) in [5.41, 5.74) is 10.3. The van der Waals surface area contributed by atoms with Gasteiger partial charge < -0.3 is 10.6 Å². The van der Waals surface area contributed by atoms with E-state index in [1.54, 1.807) is 60.7 Å². The van der Waals surface area contributed by atoms with Crippen LogP contribution >= 0.6 is 11.6 Å². The number of benzene rings is 3. The van der Waals surface area contributed by atoms with E-state index >= 15 is 0 Å². The van der Waals surface area contributed by atoms with Crippen molar-refractivity contribution in [3.63, 3.8) is 0 Å². The third-order valence-corrected chi connectivity index (χ3v) is 3.81. The molecule has 3 aromatic carbocycles. The van der Waals surface area contributed by atoms with Crippen LogP contribution in [0.3, 0.4) is 0 Å². The molecule has 0 aromatic heterocycles. The first-order chi connectivity index (χ1) is 13.5. The number of nitrogens with one attached hydrogen (secondary N) is 1. The van der Waals surface area contributed by atoms with Crippen molar-refractivity contribution < 1.29 is 14.4 Å². The Hall–Kier alpha value is -3.71. The lowest BCUT2D eigenvalue weighted by atomic mass is 10.2. The van der Waals surface area contributed by atoms with Gasteiger partial charge in [-0.1, -0.05) is 23.7 Å². The molecule has 140 valence electrons. The van der Waals surface area contributed by atoms with Crippen LogP contribution in [0.5, 0.6) is 0 Å². The van der Waals surface area contributed by atoms with Gasteiger partial charge in [0.1, 0.15) is 0 Å². The summed E-state index contributed by atoms with van der Waals surface area (Å²) in [7, 11) is 0. The summed E-state index contributed by atoms with van der Waals surface area (Å²) in [6.45, 7) is 0. The van der Waals surface area contributed by atoms with Gasteiger partial charge in [-0.2, -0.15) is 0 Å². The molecule has 0 aliphatic rings. The topological polar surface area (TPSA) is 106 Å². The Bertz CT molecular complexity index is 1040. The predicted octanol–water partition coefficient (Wildman–Crippen LogP) is 5.03. The SMILES string of the molecule is Nc1cccc(C(=O)N=Nc2ccc(NOC(=O)c3cccc(Cl)c3)cc2)c1. The van der Waals surface area contributed by atoms with Gasteiger partial charge >= 0.3 is 5.97 Å². The number of hydrogen-bond donors (Lipinski definition) is 2. The van der Waals surface area contributed by atoms with E-state index < -0.39 is 11.9 Å². The zero-order valence-electron chi connectivity index (χ0n) is 14.5. The van der Waals surface area contributed by atoms with Crippen molar-refractivity contribution in [3.05, 3.63) is 88.9 Å². The highest BCUT2D eigenvalue weighted by atomic mass is 35.5. The maximum atomic E-state index is 12.0. The molecule has 28 heavy (non-hydrogen) atoms. The molecule has 0 saturated heterocycles. The number of hydrogen-bond acceptors (Lipinski definition) is 6. The number of carbonyl (C=O) groups is 2. The van der Waals surface area contributed by atoms with Crippen LogP contribution in [-0.4, -0.2) is 11.9 Å². The minimum absolute atomic E-state index is 0.325. The van der Waals surface area contributed by atoms with Gasteiger partial charge in [0.2, 0.25) is 0 Å². The lowest BCUT2D eigenvalue weighted by molar-refractivity contribution is 0.0596. The zero-order valence-corrected chi connectivity index (χ0v) is 15.3. The standard InChI is InChI=1S/C20H15ClN4O3/c21-15-5-1-4-14(11-15)20(27)28-25-18-9-7-17(8-10-18)23-24-19(26)13-3-2-6-16(22)12-13/h1-12,25H,22H2. The molecule has 3 aromatic rings. The second-order valence-corrected chi connectivity index (χ2v) is 6.12. The summed E-state index contributed by atoms with van der Waals surface area (Å²) in [5, 5.41) is 8.00. The van der Waals surface area contributed by atoms with Gasteiger partial charge in [0.15, 0.2) is 0 Å². The van der Waals surface area contributed by atoms with Crippen molar-refractivity contribution >= 4 is 40.5 Å². The third-order valence-electron chi connectivity index (χ3n) is 3.58. The van der Waals surface area contributed by atoms with Crippen molar-refractivity contribution in [1.29, 1.82) is 0 Å². The molecule has 1 amide bonds. The minimum atomic E-state index is -0.570. The first kappa shape index (κ1) is 19.1. The van der Waals surface area contributed by atoms with Crippen molar-refractivity contribution in [2.24, 2.45) is 10.2 Å². The van der Waals surface area contributed by atoms with Gasteiger partial charge in [-0.3, -0.25) is 4.79 Å². The number of azo groups is 1. The normalized spacial score (nSPS) is 10.6. The molecule has 0 aliphatic heterocycles. The molecule has 0 spiro atoms. The molecule has 0 aliphatic carbocycles. The summed E-state index contributed by atoms with van der Waals surface area (Å²) < 4.78 is 0. The van der Waals surface area contributed by atoms with Crippen LogP contribution in [-0.2, 0) is 4.84 Å². The molecule has 0 bridgehead atoms. The fraction of sp³-hybridized carbons (Fsp3) is 0. The highest BCUT2D eigenvalue weighted by Gasteiger charge is 2.08. The molecule has 0 saturated carbocycles. The average molecular weight is 395 g/mol. The number of halogens is 1. The first-order valence-electron chi connectivity index (χ1n) is 8.16. The summed E-state index contributed by atoms with van der Waals surface area (Å²) in [6.07, 6.45) is 0. The Balaban J connectivity index is 1.57. The van der Waals surface area contributed by atoms with Crippen LogP contribution in [0.15, 0.2) is 83.0 Å². The maximum absolute atomic E-state index is 12.0. The number of nitrogen functional groups attached to an aromatic ring is 1. The van der Waals surface area contributed by atoms with Gasteiger partial charge in [0.05, 0.1) is 16.9 Å². The number of amides is 1. The Kier molecular flexibility index (Phi) is 5.98. The lowest BCUT2D eigenvalue weighted by Gasteiger charge is -2.07. The van der Waals surface area contributed by atoms with Crippen LogP contribution in [0.2, 0.25) is 5.02 Å². The molecule has 3 N–H and O–H groups in total. The van der Waals surface area contributed by atoms with Gasteiger partial charge in [-0.05, 0) is 60.7 Å². The molecular weight excluding hydrogens is 380 g/mol. The monoisotopic (exact) mass is 394 g/mol. The van der Waals surface area contributed by atoms with E-state index in [2.05, 4.69) is 15.7 Å². The van der Waals surface area contributed by atoms with E-state index in [0.29, 0.717) is 33.2 Å². The molecule has 0 fully saturated rings. The zero-order chi connectivity index (χ0) is 19.9. The molecule has 0 unspecified atom stereocenters. The Morgan fingerprint density at radius 1 is 0.929 bits per heavy atom. The van der Waals surface area contributed by atoms with Gasteiger partial charge in [0, 0.05) is 16.3 Å². The Labute approximate surface area is 165 Å². The number of nitrogens with zero attached hydrogens (tertiary/aromatic N) is 2. The van der Waals surface area contributed by atoms with Crippen LogP contribution in [0.4, 0.5) is 17.1 Å². The van der Waals surface area contributed by atoms with Crippen molar-refractivity contribution in [2.45, 2.75) is 0 Å². The van der Waals surface area contributed by atoms with E-state index in [1.165, 1.54) is 12.1 Å². The van der Waals surface area contributed by atoms with Crippen molar-refractivity contribution in [2.75, 3.05) is 11.2 Å². The molecule has 3 rings (SSSR count). The van der Waals surface area contributed by atoms with Crippen LogP contribution < -0.4 is 11.2 Å². The largest absolute Gasteiger partial charge is 0.399 e. The smallest absolute Gasteiger partial charge is 0.362 e. The summed E-state index contributed by atoms with van der Waals surface area (Å²) in [5.74, 6) is -1.07. The van der Waals surface area contributed by atoms with Crippen LogP contribution in [0, 0.1) is 0 Å². The molecule has 8 heteroatoms. The Morgan fingerprint density at radius 3 is 2.36 bits per heavy atom. The average Bonchev–Trinajstić information content (AvgIpc) is 2.71. The number of nitrogens with two attached hydrogens (primary N) is 1. The van der Waals surface area contributed by atoms with E-state index in [0.717, 1.165) is 0 Å². The van der Waals surface area contributed by atoms with Gasteiger partial charge in [0.25, 0.3) is 5.91 Å². The quantitative estimate of drug-likeness (QED) is 0.358. The fourth-order valence-corrected chi connectivity index (χ4v) is 2.40. The molecule has 7 nitrogen and oxygen atoms in total. The van der Waals surface area contributed by atoms with Crippen molar-refractivity contribution in [3.8, 4) is 0 Å². The van der Waals surface area contributed by atoms with Crippen LogP contribution in [0.1, 0.15) is 20.7 Å². The van der Waals surface area contributed by atoms with E-state index in [4.69, 9.17) is 22.2 Å². The molecule has 0 atom stereocenters. The highest BCUT2D eigenvalue weighted by Crippen LogP contribution is 2.18. The highest BCUT2D eigenvalue weighted by molar-refractivity contribution is 6.30.